The molecule has 59 heavy (non-hydrogen) atoms. The summed E-state index contributed by atoms with van der Waals surface area (Å²) >= 11 is 0. The smallest absolute Gasteiger partial charge is 0.306 e. The largest absolute Gasteiger partial charge is 0.457 e. The Labute approximate surface area is 359 Å². The zero-order valence-corrected chi connectivity index (χ0v) is 37.0. The Bertz CT molecular complexity index is 1170. The molecule has 1 heterocycles. The average Bonchev–Trinajstić information content (AvgIpc) is 3.24. The lowest BCUT2D eigenvalue weighted by atomic mass is 9.99. The van der Waals surface area contributed by atoms with Gasteiger partial charge in [-0.15, -0.1) is 0 Å². The molecule has 0 radical (unpaired) electrons. The Kier molecular flexibility index (Phi) is 37.6. The van der Waals surface area contributed by atoms with E-state index in [1.54, 1.807) is 0 Å². The van der Waals surface area contributed by atoms with Crippen molar-refractivity contribution in [3.63, 3.8) is 0 Å². The van der Waals surface area contributed by atoms with Crippen LogP contribution in [0.1, 0.15) is 162 Å². The molecule has 0 aromatic rings. The van der Waals surface area contributed by atoms with E-state index in [0.717, 1.165) is 77.0 Å². The minimum atomic E-state index is -1.55. The summed E-state index contributed by atoms with van der Waals surface area (Å²) < 4.78 is 22.7. The van der Waals surface area contributed by atoms with Crippen LogP contribution in [0.25, 0.3) is 0 Å². The molecule has 6 atom stereocenters. The minimum Gasteiger partial charge on any atom is -0.457 e. The van der Waals surface area contributed by atoms with Gasteiger partial charge in [0.1, 0.15) is 30.5 Å². The molecule has 1 aliphatic heterocycles. The lowest BCUT2D eigenvalue weighted by Gasteiger charge is -2.39. The standard InChI is InChI=1S/C50H84O9/c1-3-5-7-9-11-13-15-16-17-18-19-20-21-22-23-24-25-26-27-28-29-31-33-35-37-39-46(52)58-44(43-57-50-49(55)48(54)47(53)45(41-51)59-50)42-56-40-38-36-34-32-30-14-12-10-8-6-4-2/h5,7,11,13,16-17,19-20,22-23,25-26,28-29,44-45,47-51,53-55H,3-4,6,8-10,12,14-15,18,21,24,27,30-43H2,1-2H3/b7-5-,13-11-,17-16-,20-19-,23-22-,26-25-,29-28-. The van der Waals surface area contributed by atoms with Gasteiger partial charge in [-0.1, -0.05) is 170 Å². The van der Waals surface area contributed by atoms with E-state index in [1.165, 1.54) is 57.8 Å². The third-order valence-electron chi connectivity index (χ3n) is 10.1. The van der Waals surface area contributed by atoms with Crippen LogP contribution < -0.4 is 0 Å². The van der Waals surface area contributed by atoms with E-state index < -0.39 is 43.4 Å². The first-order valence-electron chi connectivity index (χ1n) is 23.2. The van der Waals surface area contributed by atoms with Gasteiger partial charge in [0, 0.05) is 13.0 Å². The van der Waals surface area contributed by atoms with Crippen molar-refractivity contribution in [2.24, 2.45) is 0 Å². The van der Waals surface area contributed by atoms with Crippen molar-refractivity contribution in [1.82, 2.24) is 0 Å². The topological polar surface area (TPSA) is 135 Å². The van der Waals surface area contributed by atoms with Crippen LogP contribution in [0.15, 0.2) is 85.1 Å². The Morgan fingerprint density at radius 1 is 0.559 bits per heavy atom. The Morgan fingerprint density at radius 2 is 1.03 bits per heavy atom. The van der Waals surface area contributed by atoms with E-state index in [-0.39, 0.29) is 25.6 Å². The first-order chi connectivity index (χ1) is 28.9. The number of carbonyl (C=O) groups is 1. The average molecular weight is 829 g/mol. The summed E-state index contributed by atoms with van der Waals surface area (Å²) in [5, 5.41) is 40.1. The Hall–Kier alpha value is -2.63. The highest BCUT2D eigenvalue weighted by Crippen LogP contribution is 2.22. The molecule has 0 saturated carbocycles. The van der Waals surface area contributed by atoms with Gasteiger partial charge in [-0.2, -0.15) is 0 Å². The first-order valence-corrected chi connectivity index (χ1v) is 23.2. The number of allylic oxidation sites excluding steroid dienone is 14. The second-order valence-corrected chi connectivity index (χ2v) is 15.5. The molecular weight excluding hydrogens is 745 g/mol. The molecule has 1 rings (SSSR count). The van der Waals surface area contributed by atoms with Crippen molar-refractivity contribution in [2.75, 3.05) is 26.4 Å². The van der Waals surface area contributed by atoms with Crippen LogP contribution in [0.3, 0.4) is 0 Å². The van der Waals surface area contributed by atoms with E-state index >= 15 is 0 Å². The van der Waals surface area contributed by atoms with E-state index in [2.05, 4.69) is 98.9 Å². The maximum Gasteiger partial charge on any atom is 0.306 e. The number of ether oxygens (including phenoxy) is 4. The third kappa shape index (κ3) is 31.8. The summed E-state index contributed by atoms with van der Waals surface area (Å²) in [5.74, 6) is -0.348. The molecule has 1 aliphatic rings. The summed E-state index contributed by atoms with van der Waals surface area (Å²) in [5.41, 5.74) is 0. The Balaban J connectivity index is 2.27. The number of hydrogen-bond acceptors (Lipinski definition) is 9. The lowest BCUT2D eigenvalue weighted by Crippen LogP contribution is -2.59. The van der Waals surface area contributed by atoms with Gasteiger partial charge in [0.05, 0.1) is 19.8 Å². The molecule has 0 spiro atoms. The number of aliphatic hydroxyl groups excluding tert-OH is 4. The number of hydrogen-bond donors (Lipinski definition) is 4. The van der Waals surface area contributed by atoms with Crippen LogP contribution in [0, 0.1) is 0 Å². The summed E-state index contributed by atoms with van der Waals surface area (Å²) in [6.07, 6.45) is 47.5. The predicted octanol–water partition coefficient (Wildman–Crippen LogP) is 10.6. The molecule has 338 valence electrons. The van der Waals surface area contributed by atoms with Crippen LogP contribution in [-0.2, 0) is 23.7 Å². The fourth-order valence-corrected chi connectivity index (χ4v) is 6.47. The van der Waals surface area contributed by atoms with Gasteiger partial charge in [0.2, 0.25) is 0 Å². The van der Waals surface area contributed by atoms with E-state index in [0.29, 0.717) is 13.0 Å². The van der Waals surface area contributed by atoms with Crippen LogP contribution >= 0.6 is 0 Å². The van der Waals surface area contributed by atoms with Crippen molar-refractivity contribution >= 4 is 5.97 Å². The summed E-state index contributed by atoms with van der Waals surface area (Å²) in [4.78, 5) is 12.8. The van der Waals surface area contributed by atoms with Gasteiger partial charge >= 0.3 is 5.97 Å². The number of rotatable bonds is 38. The molecule has 0 aromatic carbocycles. The quantitative estimate of drug-likeness (QED) is 0.0272. The number of carbonyl (C=O) groups excluding carboxylic acids is 1. The molecule has 1 saturated heterocycles. The molecule has 0 amide bonds. The van der Waals surface area contributed by atoms with Gasteiger partial charge in [-0.25, -0.2) is 0 Å². The molecule has 1 fully saturated rings. The van der Waals surface area contributed by atoms with Crippen LogP contribution in [0.4, 0.5) is 0 Å². The lowest BCUT2D eigenvalue weighted by molar-refractivity contribution is -0.305. The number of aliphatic hydroxyl groups is 4. The molecule has 0 bridgehead atoms. The van der Waals surface area contributed by atoms with Crippen molar-refractivity contribution in [1.29, 1.82) is 0 Å². The van der Waals surface area contributed by atoms with Crippen molar-refractivity contribution in [2.45, 2.75) is 198 Å². The van der Waals surface area contributed by atoms with E-state index in [1.807, 2.05) is 0 Å². The second kappa shape index (κ2) is 40.8. The maximum atomic E-state index is 12.8. The first kappa shape index (κ1) is 54.4. The molecule has 6 unspecified atom stereocenters. The monoisotopic (exact) mass is 829 g/mol. The molecule has 0 aromatic heterocycles. The SMILES string of the molecule is CC/C=C\C/C=C\C/C=C\C/C=C\C/C=C\C/C=C\C/C=C\CCCCCC(=O)OC(COCCCCCCCCCCCCC)COC1OC(CO)C(O)C(O)C1O. The molecule has 9 heteroatoms. The highest BCUT2D eigenvalue weighted by molar-refractivity contribution is 5.69. The molecule has 0 aliphatic carbocycles. The fourth-order valence-electron chi connectivity index (χ4n) is 6.47. The third-order valence-corrected chi connectivity index (χ3v) is 10.1. The number of unbranched alkanes of at least 4 members (excludes halogenated alkanes) is 13. The van der Waals surface area contributed by atoms with Crippen molar-refractivity contribution in [3.8, 4) is 0 Å². The van der Waals surface area contributed by atoms with Gasteiger partial charge in [-0.05, 0) is 70.6 Å². The number of esters is 1. The van der Waals surface area contributed by atoms with Gasteiger partial charge in [0.15, 0.2) is 6.29 Å². The molecular formula is C50H84O9. The van der Waals surface area contributed by atoms with Gasteiger partial charge in [0.25, 0.3) is 0 Å². The Morgan fingerprint density at radius 3 is 1.54 bits per heavy atom. The fraction of sp³-hybridized carbons (Fsp3) is 0.700. The summed E-state index contributed by atoms with van der Waals surface area (Å²) in [7, 11) is 0. The van der Waals surface area contributed by atoms with Crippen LogP contribution in [0.5, 0.6) is 0 Å². The summed E-state index contributed by atoms with van der Waals surface area (Å²) in [6, 6.07) is 0. The molecule has 9 nitrogen and oxygen atoms in total. The van der Waals surface area contributed by atoms with Crippen LogP contribution in [-0.4, -0.2) is 89.6 Å². The second-order valence-electron chi connectivity index (χ2n) is 15.5. The highest BCUT2D eigenvalue weighted by Gasteiger charge is 2.44. The van der Waals surface area contributed by atoms with Gasteiger partial charge in [-0.3, -0.25) is 4.79 Å². The van der Waals surface area contributed by atoms with E-state index in [4.69, 9.17) is 18.9 Å². The van der Waals surface area contributed by atoms with Crippen LogP contribution in [0.2, 0.25) is 0 Å². The normalized spacial score (nSPS) is 20.9. The molecule has 4 N–H and O–H groups in total. The summed E-state index contributed by atoms with van der Waals surface area (Å²) in [6.45, 7) is 4.38. The van der Waals surface area contributed by atoms with Gasteiger partial charge < -0.3 is 39.4 Å². The minimum absolute atomic E-state index is 0.127. The zero-order chi connectivity index (χ0) is 42.9. The maximum absolute atomic E-state index is 12.8. The predicted molar refractivity (Wildman–Crippen MR) is 242 cm³/mol. The van der Waals surface area contributed by atoms with Crippen molar-refractivity contribution < 1.29 is 44.2 Å². The highest BCUT2D eigenvalue weighted by atomic mass is 16.7. The van der Waals surface area contributed by atoms with Crippen molar-refractivity contribution in [3.05, 3.63) is 85.1 Å². The van der Waals surface area contributed by atoms with E-state index in [9.17, 15) is 25.2 Å². The zero-order valence-electron chi connectivity index (χ0n) is 37.0.